The fourth-order valence-electron chi connectivity index (χ4n) is 1.07. The molecule has 0 amide bonds. The first kappa shape index (κ1) is 11.1. The van der Waals surface area contributed by atoms with Crippen LogP contribution in [0.4, 0.5) is 5.69 Å². The van der Waals surface area contributed by atoms with Gasteiger partial charge in [0.25, 0.3) is 0 Å². The summed E-state index contributed by atoms with van der Waals surface area (Å²) in [6.45, 7) is 0.873. The second-order valence-corrected chi connectivity index (χ2v) is 3.26. The molecule has 1 aromatic rings. The summed E-state index contributed by atoms with van der Waals surface area (Å²) in [5.74, 6) is 0.765. The van der Waals surface area contributed by atoms with Crippen molar-refractivity contribution in [3.8, 4) is 5.75 Å². The number of benzene rings is 1. The van der Waals surface area contributed by atoms with Gasteiger partial charge in [0.1, 0.15) is 5.75 Å². The third-order valence-corrected chi connectivity index (χ3v) is 2.15. The number of hydrogen-bond donors (Lipinski definition) is 2. The van der Waals surface area contributed by atoms with Gasteiger partial charge in [0.15, 0.2) is 0 Å². The number of methoxy groups -OCH3 is 1. The Bertz CT molecular complexity index is 291. The summed E-state index contributed by atoms with van der Waals surface area (Å²) in [6, 6.07) is 5.42. The van der Waals surface area contributed by atoms with Gasteiger partial charge >= 0.3 is 0 Å². The maximum absolute atomic E-state index is 8.62. The number of halogens is 1. The second-order valence-electron chi connectivity index (χ2n) is 2.85. The molecule has 14 heavy (non-hydrogen) atoms. The highest BCUT2D eigenvalue weighted by atomic mass is 35.5. The molecule has 1 aromatic carbocycles. The molecule has 0 aromatic heterocycles. The largest absolute Gasteiger partial charge is 0.497 e. The molecule has 0 heterocycles. The number of hydrogen-bond acceptors (Lipinski definition) is 3. The highest BCUT2D eigenvalue weighted by Gasteiger charge is 2.00. The van der Waals surface area contributed by atoms with Gasteiger partial charge in [0.05, 0.1) is 17.8 Å². The van der Waals surface area contributed by atoms with Crippen LogP contribution in [0.3, 0.4) is 0 Å². The van der Waals surface area contributed by atoms with Gasteiger partial charge in [-0.2, -0.15) is 0 Å². The van der Waals surface area contributed by atoms with E-state index in [9.17, 15) is 0 Å². The first-order chi connectivity index (χ1) is 6.77. The summed E-state index contributed by atoms with van der Waals surface area (Å²) in [7, 11) is 1.61. The zero-order chi connectivity index (χ0) is 10.4. The standard InChI is InChI=1S/C10H14ClNO2/c1-14-8-3-4-9(11)10(7-8)12-5-2-6-13/h3-4,7,12-13H,2,5-6H2,1H3. The van der Waals surface area contributed by atoms with Crippen molar-refractivity contribution in [2.75, 3.05) is 25.6 Å². The molecule has 2 N–H and O–H groups in total. The van der Waals surface area contributed by atoms with Crippen LogP contribution in [0, 0.1) is 0 Å². The van der Waals surface area contributed by atoms with Crippen LogP contribution in [0.2, 0.25) is 5.02 Å². The van der Waals surface area contributed by atoms with Gasteiger partial charge < -0.3 is 15.2 Å². The van der Waals surface area contributed by atoms with Gasteiger partial charge in [-0.25, -0.2) is 0 Å². The Morgan fingerprint density at radius 1 is 1.50 bits per heavy atom. The number of anilines is 1. The highest BCUT2D eigenvalue weighted by molar-refractivity contribution is 6.33. The smallest absolute Gasteiger partial charge is 0.121 e. The summed E-state index contributed by atoms with van der Waals surface area (Å²) in [6.07, 6.45) is 0.702. The minimum Gasteiger partial charge on any atom is -0.497 e. The first-order valence-electron chi connectivity index (χ1n) is 4.46. The second kappa shape index (κ2) is 5.73. The zero-order valence-electron chi connectivity index (χ0n) is 8.09. The van der Waals surface area contributed by atoms with E-state index in [4.69, 9.17) is 21.4 Å². The van der Waals surface area contributed by atoms with Gasteiger partial charge in [-0.15, -0.1) is 0 Å². The Morgan fingerprint density at radius 3 is 2.93 bits per heavy atom. The maximum atomic E-state index is 8.62. The fourth-order valence-corrected chi connectivity index (χ4v) is 1.25. The Labute approximate surface area is 88.7 Å². The molecule has 0 aliphatic rings. The number of aliphatic hydroxyl groups excluding tert-OH is 1. The topological polar surface area (TPSA) is 41.5 Å². The fraction of sp³-hybridized carbons (Fsp3) is 0.400. The number of nitrogens with one attached hydrogen (secondary N) is 1. The Balaban J connectivity index is 2.64. The molecule has 4 heteroatoms. The molecular weight excluding hydrogens is 202 g/mol. The van der Waals surface area contributed by atoms with Gasteiger partial charge in [-0.1, -0.05) is 11.6 Å². The van der Waals surface area contributed by atoms with E-state index >= 15 is 0 Å². The monoisotopic (exact) mass is 215 g/mol. The van der Waals surface area contributed by atoms with E-state index in [1.165, 1.54) is 0 Å². The molecule has 0 saturated carbocycles. The van der Waals surface area contributed by atoms with Gasteiger partial charge in [0, 0.05) is 19.2 Å². The molecule has 0 aliphatic carbocycles. The molecule has 0 atom stereocenters. The normalized spacial score (nSPS) is 9.93. The van der Waals surface area contributed by atoms with Crippen LogP contribution in [0.25, 0.3) is 0 Å². The van der Waals surface area contributed by atoms with Crippen molar-refractivity contribution in [2.24, 2.45) is 0 Å². The van der Waals surface area contributed by atoms with E-state index in [-0.39, 0.29) is 6.61 Å². The molecule has 3 nitrogen and oxygen atoms in total. The van der Waals surface area contributed by atoms with E-state index in [0.29, 0.717) is 18.0 Å². The van der Waals surface area contributed by atoms with E-state index in [1.807, 2.05) is 6.07 Å². The lowest BCUT2D eigenvalue weighted by Gasteiger charge is -2.09. The number of rotatable bonds is 5. The first-order valence-corrected chi connectivity index (χ1v) is 4.84. The third-order valence-electron chi connectivity index (χ3n) is 1.82. The number of ether oxygens (including phenoxy) is 1. The average molecular weight is 216 g/mol. The molecule has 0 bridgehead atoms. The van der Waals surface area contributed by atoms with Crippen LogP contribution >= 0.6 is 11.6 Å². The van der Waals surface area contributed by atoms with Crippen LogP contribution in [-0.4, -0.2) is 25.4 Å². The Hall–Kier alpha value is -0.930. The summed E-state index contributed by atoms with van der Waals surface area (Å²) in [4.78, 5) is 0. The molecule has 0 spiro atoms. The summed E-state index contributed by atoms with van der Waals surface area (Å²) in [5.41, 5.74) is 0.833. The lowest BCUT2D eigenvalue weighted by Crippen LogP contribution is -2.03. The minimum atomic E-state index is 0.175. The average Bonchev–Trinajstić information content (AvgIpc) is 2.21. The summed E-state index contributed by atoms with van der Waals surface area (Å²) >= 11 is 5.95. The van der Waals surface area contributed by atoms with Crippen LogP contribution in [0.15, 0.2) is 18.2 Å². The van der Waals surface area contributed by atoms with Crippen molar-refractivity contribution in [3.05, 3.63) is 23.2 Å². The van der Waals surface area contributed by atoms with Crippen molar-refractivity contribution in [1.29, 1.82) is 0 Å². The van der Waals surface area contributed by atoms with Crippen LogP contribution in [0.1, 0.15) is 6.42 Å². The SMILES string of the molecule is COc1ccc(Cl)c(NCCCO)c1. The molecular formula is C10H14ClNO2. The summed E-state index contributed by atoms with van der Waals surface area (Å²) < 4.78 is 5.07. The van der Waals surface area contributed by atoms with Crippen LogP contribution in [-0.2, 0) is 0 Å². The molecule has 0 aliphatic heterocycles. The van der Waals surface area contributed by atoms with Gasteiger partial charge in [-0.3, -0.25) is 0 Å². The Kier molecular flexibility index (Phi) is 4.56. The molecule has 78 valence electrons. The lowest BCUT2D eigenvalue weighted by molar-refractivity contribution is 0.292. The van der Waals surface area contributed by atoms with Gasteiger partial charge in [-0.05, 0) is 18.6 Å². The van der Waals surface area contributed by atoms with E-state index in [0.717, 1.165) is 11.4 Å². The van der Waals surface area contributed by atoms with Crippen molar-refractivity contribution in [2.45, 2.75) is 6.42 Å². The maximum Gasteiger partial charge on any atom is 0.121 e. The number of aliphatic hydroxyl groups is 1. The van der Waals surface area contributed by atoms with Crippen LogP contribution < -0.4 is 10.1 Å². The summed E-state index contributed by atoms with van der Waals surface area (Å²) in [5, 5.41) is 12.4. The van der Waals surface area contributed by atoms with Crippen molar-refractivity contribution < 1.29 is 9.84 Å². The quantitative estimate of drug-likeness (QED) is 0.740. The van der Waals surface area contributed by atoms with E-state index < -0.39 is 0 Å². The van der Waals surface area contributed by atoms with Crippen LogP contribution in [0.5, 0.6) is 5.75 Å². The third kappa shape index (κ3) is 3.09. The van der Waals surface area contributed by atoms with Crippen molar-refractivity contribution in [3.63, 3.8) is 0 Å². The molecule has 0 radical (unpaired) electrons. The van der Waals surface area contributed by atoms with Gasteiger partial charge in [0.2, 0.25) is 0 Å². The lowest BCUT2D eigenvalue weighted by atomic mass is 10.3. The predicted molar refractivity (Wildman–Crippen MR) is 58.2 cm³/mol. The van der Waals surface area contributed by atoms with E-state index in [2.05, 4.69) is 5.32 Å². The van der Waals surface area contributed by atoms with E-state index in [1.54, 1.807) is 19.2 Å². The Morgan fingerprint density at radius 2 is 2.29 bits per heavy atom. The molecule has 0 unspecified atom stereocenters. The van der Waals surface area contributed by atoms with Crippen molar-refractivity contribution in [1.82, 2.24) is 0 Å². The zero-order valence-corrected chi connectivity index (χ0v) is 8.84. The molecule has 0 saturated heterocycles. The predicted octanol–water partition coefficient (Wildman–Crippen LogP) is 2.14. The highest BCUT2D eigenvalue weighted by Crippen LogP contribution is 2.26. The minimum absolute atomic E-state index is 0.175. The van der Waals surface area contributed by atoms with Crippen molar-refractivity contribution >= 4 is 17.3 Å². The molecule has 0 fully saturated rings. The molecule has 1 rings (SSSR count).